The quantitative estimate of drug-likeness (QED) is 0.792. The van der Waals surface area contributed by atoms with E-state index in [1.54, 1.807) is 4.68 Å². The molecule has 0 aromatic carbocycles. The first kappa shape index (κ1) is 11.2. The Bertz CT molecular complexity index is 304. The molecule has 0 aliphatic heterocycles. The maximum absolute atomic E-state index is 13.6. The minimum atomic E-state index is -1.33. The molecule has 0 saturated heterocycles. The van der Waals surface area contributed by atoms with Crippen LogP contribution in [-0.2, 0) is 19.9 Å². The normalized spacial score (nSPS) is 15.5. The topological polar surface area (TPSA) is 43.8 Å². The number of hydrogen-bond donors (Lipinski definition) is 1. The number of aromatic nitrogens is 2. The Hall–Kier alpha value is -0.900. The van der Waals surface area contributed by atoms with Crippen LogP contribution in [0.25, 0.3) is 0 Å². The molecule has 1 rings (SSSR count). The third kappa shape index (κ3) is 2.54. The molecule has 1 atom stereocenters. The van der Waals surface area contributed by atoms with E-state index in [-0.39, 0.29) is 6.54 Å². The fourth-order valence-corrected chi connectivity index (χ4v) is 1.36. The lowest BCUT2D eigenvalue weighted by Crippen LogP contribution is -2.32. The van der Waals surface area contributed by atoms with Crippen LogP contribution < -0.4 is 5.73 Å². The fourth-order valence-electron chi connectivity index (χ4n) is 1.36. The van der Waals surface area contributed by atoms with Gasteiger partial charge >= 0.3 is 0 Å². The molecule has 1 heterocycles. The van der Waals surface area contributed by atoms with Crippen LogP contribution in [0.3, 0.4) is 0 Å². The van der Waals surface area contributed by atoms with Gasteiger partial charge in [0.2, 0.25) is 0 Å². The molecule has 0 amide bonds. The number of rotatable bonds is 4. The summed E-state index contributed by atoms with van der Waals surface area (Å²) in [6.45, 7) is 3.59. The van der Waals surface area contributed by atoms with Gasteiger partial charge in [0.25, 0.3) is 0 Å². The van der Waals surface area contributed by atoms with Crippen molar-refractivity contribution < 1.29 is 4.39 Å². The Morgan fingerprint density at radius 1 is 1.64 bits per heavy atom. The average Bonchev–Trinajstić information content (AvgIpc) is 2.47. The van der Waals surface area contributed by atoms with Crippen molar-refractivity contribution in [1.29, 1.82) is 0 Å². The van der Waals surface area contributed by atoms with Gasteiger partial charge in [-0.2, -0.15) is 5.10 Å². The molecular formula is C10H18FN3. The molecular weight excluding hydrogens is 181 g/mol. The van der Waals surface area contributed by atoms with Crippen molar-refractivity contribution in [3.63, 3.8) is 0 Å². The van der Waals surface area contributed by atoms with Gasteiger partial charge < -0.3 is 5.73 Å². The van der Waals surface area contributed by atoms with Crippen LogP contribution in [0.15, 0.2) is 6.07 Å². The van der Waals surface area contributed by atoms with Gasteiger partial charge in [0.05, 0.1) is 5.69 Å². The molecule has 0 fully saturated rings. The molecule has 80 valence electrons. The van der Waals surface area contributed by atoms with Crippen LogP contribution in [0.1, 0.15) is 25.2 Å². The van der Waals surface area contributed by atoms with Crippen LogP contribution >= 0.6 is 0 Å². The molecule has 3 nitrogen and oxygen atoms in total. The smallest absolute Gasteiger partial charge is 0.125 e. The minimum absolute atomic E-state index is 0.0413. The summed E-state index contributed by atoms with van der Waals surface area (Å²) in [5.41, 5.74) is 5.90. The fraction of sp³-hybridized carbons (Fsp3) is 0.700. The second-order valence-electron chi connectivity index (χ2n) is 3.90. The lowest BCUT2D eigenvalue weighted by Gasteiger charge is -2.17. The van der Waals surface area contributed by atoms with E-state index in [1.807, 2.05) is 20.0 Å². The first-order valence-corrected chi connectivity index (χ1v) is 4.89. The van der Waals surface area contributed by atoms with Crippen molar-refractivity contribution >= 4 is 0 Å². The number of nitrogens with two attached hydrogens (primary N) is 1. The maximum atomic E-state index is 13.6. The molecule has 0 radical (unpaired) electrons. The van der Waals surface area contributed by atoms with Gasteiger partial charge in [-0.25, -0.2) is 4.39 Å². The Labute approximate surface area is 84.1 Å². The van der Waals surface area contributed by atoms with Gasteiger partial charge in [-0.05, 0) is 19.4 Å². The molecule has 0 spiro atoms. The van der Waals surface area contributed by atoms with Gasteiger partial charge in [0.1, 0.15) is 5.67 Å². The summed E-state index contributed by atoms with van der Waals surface area (Å²) in [6.07, 6.45) is 1.20. The molecule has 14 heavy (non-hydrogen) atoms. The summed E-state index contributed by atoms with van der Waals surface area (Å²) in [5.74, 6) is 0. The highest BCUT2D eigenvalue weighted by atomic mass is 19.1. The maximum Gasteiger partial charge on any atom is 0.125 e. The Morgan fingerprint density at radius 2 is 2.29 bits per heavy atom. The zero-order valence-electron chi connectivity index (χ0n) is 9.05. The van der Waals surface area contributed by atoms with E-state index >= 15 is 0 Å². The summed E-state index contributed by atoms with van der Waals surface area (Å²) in [4.78, 5) is 0. The summed E-state index contributed by atoms with van der Waals surface area (Å²) < 4.78 is 15.4. The number of aryl methyl sites for hydroxylation is 2. The number of halogens is 1. The predicted molar refractivity (Wildman–Crippen MR) is 54.9 cm³/mol. The summed E-state index contributed by atoms with van der Waals surface area (Å²) >= 11 is 0. The van der Waals surface area contributed by atoms with Gasteiger partial charge in [-0.1, -0.05) is 6.92 Å². The number of hydrogen-bond acceptors (Lipinski definition) is 2. The molecule has 0 bridgehead atoms. The van der Waals surface area contributed by atoms with E-state index in [2.05, 4.69) is 5.10 Å². The van der Waals surface area contributed by atoms with Crippen molar-refractivity contribution in [2.24, 2.45) is 12.8 Å². The van der Waals surface area contributed by atoms with Crippen molar-refractivity contribution in [1.82, 2.24) is 9.78 Å². The van der Waals surface area contributed by atoms with Gasteiger partial charge in [0.15, 0.2) is 0 Å². The zero-order valence-corrected chi connectivity index (χ0v) is 9.05. The van der Waals surface area contributed by atoms with E-state index < -0.39 is 5.67 Å². The van der Waals surface area contributed by atoms with E-state index in [1.165, 1.54) is 6.92 Å². The Kier molecular flexibility index (Phi) is 3.26. The van der Waals surface area contributed by atoms with E-state index in [4.69, 9.17) is 5.73 Å². The van der Waals surface area contributed by atoms with E-state index in [9.17, 15) is 4.39 Å². The predicted octanol–water partition coefficient (Wildman–Crippen LogP) is 1.21. The standard InChI is InChI=1S/C10H18FN3/c1-4-8-5-9(14(3)13-8)6-10(2,11)7-12/h5H,4,6-7,12H2,1-3H3. The van der Waals surface area contributed by atoms with E-state index in [0.29, 0.717) is 6.42 Å². The largest absolute Gasteiger partial charge is 0.328 e. The average molecular weight is 199 g/mol. The van der Waals surface area contributed by atoms with Gasteiger partial charge in [0, 0.05) is 25.7 Å². The summed E-state index contributed by atoms with van der Waals surface area (Å²) in [7, 11) is 1.83. The van der Waals surface area contributed by atoms with Gasteiger partial charge in [-0.3, -0.25) is 4.68 Å². The SMILES string of the molecule is CCc1cc(CC(C)(F)CN)n(C)n1. The van der Waals surface area contributed by atoms with Crippen molar-refractivity contribution in [3.8, 4) is 0 Å². The molecule has 1 aromatic heterocycles. The van der Waals surface area contributed by atoms with Crippen LogP contribution in [-0.4, -0.2) is 22.0 Å². The minimum Gasteiger partial charge on any atom is -0.328 e. The molecule has 0 aliphatic carbocycles. The third-order valence-electron chi connectivity index (χ3n) is 2.36. The van der Waals surface area contributed by atoms with Crippen LogP contribution in [0.2, 0.25) is 0 Å². The van der Waals surface area contributed by atoms with E-state index in [0.717, 1.165) is 17.8 Å². The number of alkyl halides is 1. The first-order valence-electron chi connectivity index (χ1n) is 4.89. The first-order chi connectivity index (χ1) is 6.48. The lowest BCUT2D eigenvalue weighted by atomic mass is 10.0. The van der Waals surface area contributed by atoms with Crippen molar-refractivity contribution in [3.05, 3.63) is 17.5 Å². The number of nitrogens with zero attached hydrogens (tertiary/aromatic N) is 2. The Balaban J connectivity index is 2.81. The lowest BCUT2D eigenvalue weighted by molar-refractivity contribution is 0.196. The molecule has 2 N–H and O–H groups in total. The highest BCUT2D eigenvalue weighted by molar-refractivity contribution is 5.12. The summed E-state index contributed by atoms with van der Waals surface area (Å²) in [5, 5.41) is 4.26. The van der Waals surface area contributed by atoms with Crippen LogP contribution in [0.4, 0.5) is 4.39 Å². The summed E-state index contributed by atoms with van der Waals surface area (Å²) in [6, 6.07) is 1.94. The van der Waals surface area contributed by atoms with Gasteiger partial charge in [-0.15, -0.1) is 0 Å². The second kappa shape index (κ2) is 4.09. The second-order valence-corrected chi connectivity index (χ2v) is 3.90. The van der Waals surface area contributed by atoms with Crippen LogP contribution in [0.5, 0.6) is 0 Å². The molecule has 0 saturated carbocycles. The van der Waals surface area contributed by atoms with Crippen molar-refractivity contribution in [2.75, 3.05) is 6.54 Å². The monoisotopic (exact) mass is 199 g/mol. The van der Waals surface area contributed by atoms with Crippen LogP contribution in [0, 0.1) is 0 Å². The molecule has 4 heteroatoms. The highest BCUT2D eigenvalue weighted by Crippen LogP contribution is 2.16. The Morgan fingerprint density at radius 3 is 2.71 bits per heavy atom. The van der Waals surface area contributed by atoms with Crippen molar-refractivity contribution in [2.45, 2.75) is 32.4 Å². The third-order valence-corrected chi connectivity index (χ3v) is 2.36. The molecule has 0 aliphatic rings. The molecule has 1 aromatic rings. The molecule has 1 unspecified atom stereocenters. The zero-order chi connectivity index (χ0) is 10.8. The highest BCUT2D eigenvalue weighted by Gasteiger charge is 2.23.